The Kier molecular flexibility index (Phi) is 4.05. The minimum absolute atomic E-state index is 0.272. The lowest BCUT2D eigenvalue weighted by Gasteiger charge is -2.38. The van der Waals surface area contributed by atoms with Gasteiger partial charge in [0, 0.05) is 0 Å². The lowest BCUT2D eigenvalue weighted by atomic mass is 10.0. The maximum Gasteiger partial charge on any atom is 0.250 e. The molecule has 1 radical (unpaired) electrons. The Bertz CT molecular complexity index is 305. The molecule has 91 valence electrons. The van der Waals surface area contributed by atoms with Gasteiger partial charge < -0.3 is 4.43 Å². The van der Waals surface area contributed by atoms with Gasteiger partial charge in [-0.05, 0) is 49.0 Å². The molecule has 1 nitrogen and oxygen atoms in total. The van der Waals surface area contributed by atoms with E-state index in [1.807, 2.05) is 0 Å². The van der Waals surface area contributed by atoms with Gasteiger partial charge in [0.05, 0.1) is 0 Å². The SMILES string of the molecule is CCC1=C[CH]CC=C1O[Si](C)(C)C(C)(C)C. The standard InChI is InChI=1S/C14H25OSi/c1-7-12-10-8-9-11-13(12)15-16(5,6)14(2,3)4/h8,10-11H,7,9H2,1-6H3. The van der Waals surface area contributed by atoms with Crippen LogP contribution in [0, 0.1) is 6.42 Å². The Morgan fingerprint density at radius 2 is 1.94 bits per heavy atom. The second-order valence-electron chi connectivity index (χ2n) is 5.95. The van der Waals surface area contributed by atoms with Gasteiger partial charge in [-0.2, -0.15) is 0 Å². The Morgan fingerprint density at radius 3 is 2.44 bits per heavy atom. The first-order valence-electron chi connectivity index (χ1n) is 6.20. The van der Waals surface area contributed by atoms with Gasteiger partial charge >= 0.3 is 0 Å². The van der Waals surface area contributed by atoms with Crippen molar-refractivity contribution >= 4 is 8.32 Å². The number of hydrogen-bond acceptors (Lipinski definition) is 1. The highest BCUT2D eigenvalue weighted by atomic mass is 28.4. The van der Waals surface area contributed by atoms with Gasteiger partial charge in [-0.25, -0.2) is 0 Å². The normalized spacial score (nSPS) is 17.9. The molecule has 1 aliphatic carbocycles. The lowest BCUT2D eigenvalue weighted by Crippen LogP contribution is -2.40. The van der Waals surface area contributed by atoms with Gasteiger partial charge in [-0.15, -0.1) is 0 Å². The van der Waals surface area contributed by atoms with Gasteiger partial charge in [0.1, 0.15) is 5.76 Å². The van der Waals surface area contributed by atoms with Crippen molar-refractivity contribution in [2.45, 2.75) is 58.7 Å². The smallest absolute Gasteiger partial charge is 0.250 e. The van der Waals surface area contributed by atoms with Crippen LogP contribution in [0.15, 0.2) is 23.5 Å². The fourth-order valence-corrected chi connectivity index (χ4v) is 2.50. The van der Waals surface area contributed by atoms with E-state index < -0.39 is 8.32 Å². The van der Waals surface area contributed by atoms with Crippen LogP contribution < -0.4 is 0 Å². The first kappa shape index (κ1) is 13.6. The largest absolute Gasteiger partial charge is 0.544 e. The Balaban J connectivity index is 2.81. The van der Waals surface area contributed by atoms with Crippen molar-refractivity contribution in [1.29, 1.82) is 0 Å². The predicted octanol–water partition coefficient (Wildman–Crippen LogP) is 4.84. The summed E-state index contributed by atoms with van der Waals surface area (Å²) >= 11 is 0. The molecule has 0 aromatic rings. The molecule has 0 saturated heterocycles. The van der Waals surface area contributed by atoms with Crippen molar-refractivity contribution in [2.24, 2.45) is 0 Å². The van der Waals surface area contributed by atoms with Gasteiger partial charge in [0.15, 0.2) is 0 Å². The molecular weight excluding hydrogens is 212 g/mol. The van der Waals surface area contributed by atoms with Gasteiger partial charge in [-0.3, -0.25) is 0 Å². The highest BCUT2D eigenvalue weighted by Crippen LogP contribution is 2.39. The molecule has 0 amide bonds. The summed E-state index contributed by atoms with van der Waals surface area (Å²) in [4.78, 5) is 0. The second kappa shape index (κ2) is 4.78. The molecule has 16 heavy (non-hydrogen) atoms. The van der Waals surface area contributed by atoms with Crippen LogP contribution in [0.1, 0.15) is 40.5 Å². The summed E-state index contributed by atoms with van der Waals surface area (Å²) < 4.78 is 6.36. The minimum atomic E-state index is -1.67. The van der Waals surface area contributed by atoms with E-state index >= 15 is 0 Å². The van der Waals surface area contributed by atoms with Crippen LogP contribution in [0.4, 0.5) is 0 Å². The Hall–Kier alpha value is -0.503. The van der Waals surface area contributed by atoms with Gasteiger partial charge in [0.25, 0.3) is 0 Å². The summed E-state index contributed by atoms with van der Waals surface area (Å²) in [6.07, 6.45) is 8.70. The van der Waals surface area contributed by atoms with E-state index in [0.29, 0.717) is 0 Å². The van der Waals surface area contributed by atoms with E-state index in [-0.39, 0.29) is 5.04 Å². The molecule has 0 aromatic carbocycles. The van der Waals surface area contributed by atoms with Crippen LogP contribution in [0.2, 0.25) is 18.1 Å². The number of hydrogen-bond donors (Lipinski definition) is 0. The zero-order valence-electron chi connectivity index (χ0n) is 11.6. The van der Waals surface area contributed by atoms with E-state index in [9.17, 15) is 0 Å². The second-order valence-corrected chi connectivity index (χ2v) is 10.7. The van der Waals surface area contributed by atoms with Crippen LogP contribution in [0.3, 0.4) is 0 Å². The summed E-state index contributed by atoms with van der Waals surface area (Å²) in [5, 5.41) is 0.272. The first-order chi connectivity index (χ1) is 7.28. The van der Waals surface area contributed by atoms with Gasteiger partial charge in [-0.1, -0.05) is 33.8 Å². The van der Waals surface area contributed by atoms with E-state index in [1.54, 1.807) is 0 Å². The fourth-order valence-electron chi connectivity index (χ4n) is 1.43. The maximum atomic E-state index is 6.36. The molecule has 0 saturated carbocycles. The molecule has 0 aromatic heterocycles. The monoisotopic (exact) mass is 237 g/mol. The van der Waals surface area contributed by atoms with Crippen LogP contribution in [0.5, 0.6) is 0 Å². The van der Waals surface area contributed by atoms with Crippen molar-refractivity contribution in [2.75, 3.05) is 0 Å². The third kappa shape index (κ3) is 3.00. The molecule has 0 unspecified atom stereocenters. The fraction of sp³-hybridized carbons (Fsp3) is 0.643. The van der Waals surface area contributed by atoms with E-state index in [2.05, 4.69) is 59.4 Å². The van der Waals surface area contributed by atoms with E-state index in [0.717, 1.165) is 18.6 Å². The quantitative estimate of drug-likeness (QED) is 0.638. The van der Waals surface area contributed by atoms with Crippen LogP contribution in [-0.4, -0.2) is 8.32 Å². The van der Waals surface area contributed by atoms with Crippen molar-refractivity contribution in [3.8, 4) is 0 Å². The average molecular weight is 237 g/mol. The van der Waals surface area contributed by atoms with E-state index in [1.165, 1.54) is 5.57 Å². The van der Waals surface area contributed by atoms with Crippen molar-refractivity contribution < 1.29 is 4.43 Å². The molecule has 0 fully saturated rings. The Labute approximate surface area is 102 Å². The molecule has 1 aliphatic rings. The number of rotatable bonds is 3. The summed E-state index contributed by atoms with van der Waals surface area (Å²) in [7, 11) is -1.67. The predicted molar refractivity (Wildman–Crippen MR) is 73.7 cm³/mol. The van der Waals surface area contributed by atoms with Crippen LogP contribution in [0.25, 0.3) is 0 Å². The maximum absolute atomic E-state index is 6.36. The first-order valence-corrected chi connectivity index (χ1v) is 9.10. The third-order valence-electron chi connectivity index (χ3n) is 3.63. The third-order valence-corrected chi connectivity index (χ3v) is 7.97. The Morgan fingerprint density at radius 1 is 1.31 bits per heavy atom. The zero-order chi connectivity index (χ0) is 12.4. The molecule has 0 bridgehead atoms. The topological polar surface area (TPSA) is 9.23 Å². The minimum Gasteiger partial charge on any atom is -0.544 e. The van der Waals surface area contributed by atoms with Gasteiger partial charge in [0.2, 0.25) is 8.32 Å². The van der Waals surface area contributed by atoms with E-state index in [4.69, 9.17) is 4.43 Å². The average Bonchev–Trinajstić information content (AvgIpc) is 2.16. The molecular formula is C14H25OSi. The molecule has 0 heterocycles. The molecule has 1 rings (SSSR count). The van der Waals surface area contributed by atoms with Crippen molar-refractivity contribution in [3.05, 3.63) is 29.9 Å². The molecule has 0 aliphatic heterocycles. The highest BCUT2D eigenvalue weighted by Gasteiger charge is 2.39. The van der Waals surface area contributed by atoms with Crippen molar-refractivity contribution in [1.82, 2.24) is 0 Å². The molecule has 0 N–H and O–H groups in total. The lowest BCUT2D eigenvalue weighted by molar-refractivity contribution is 0.388. The summed E-state index contributed by atoms with van der Waals surface area (Å²) in [6.45, 7) is 13.6. The zero-order valence-corrected chi connectivity index (χ0v) is 12.6. The van der Waals surface area contributed by atoms with Crippen molar-refractivity contribution in [3.63, 3.8) is 0 Å². The number of allylic oxidation sites excluding steroid dienone is 3. The van der Waals surface area contributed by atoms with Crippen LogP contribution in [-0.2, 0) is 4.43 Å². The summed E-state index contributed by atoms with van der Waals surface area (Å²) in [6, 6.07) is 0. The van der Waals surface area contributed by atoms with Crippen LogP contribution >= 0.6 is 0 Å². The molecule has 0 spiro atoms. The summed E-state index contributed by atoms with van der Waals surface area (Å²) in [5.74, 6) is 1.14. The summed E-state index contributed by atoms with van der Waals surface area (Å²) in [5.41, 5.74) is 1.34. The molecule has 2 heteroatoms. The highest BCUT2D eigenvalue weighted by molar-refractivity contribution is 6.74. The molecule has 0 atom stereocenters.